The second-order valence-corrected chi connectivity index (χ2v) is 7.73. The molecule has 1 aliphatic rings. The number of anilines is 2. The van der Waals surface area contributed by atoms with Crippen molar-refractivity contribution in [3.05, 3.63) is 89.2 Å². The number of hydrogen-bond acceptors (Lipinski definition) is 5. The second kappa shape index (κ2) is 10.2. The van der Waals surface area contributed by atoms with Crippen molar-refractivity contribution in [2.75, 3.05) is 36.9 Å². The smallest absolute Gasteiger partial charge is 0.257 e. The van der Waals surface area contributed by atoms with E-state index < -0.39 is 0 Å². The number of para-hydroxylation sites is 1. The van der Waals surface area contributed by atoms with E-state index in [9.17, 15) is 9.59 Å². The fourth-order valence-electron chi connectivity index (χ4n) is 3.68. The highest BCUT2D eigenvalue weighted by Gasteiger charge is 2.17. The van der Waals surface area contributed by atoms with E-state index in [4.69, 9.17) is 4.74 Å². The summed E-state index contributed by atoms with van der Waals surface area (Å²) < 4.78 is 5.41. The average Bonchev–Trinajstić information content (AvgIpc) is 2.82. The molecule has 4 rings (SSSR count). The number of nitrogens with zero attached hydrogens (tertiary/aromatic N) is 2. The molecule has 7 heteroatoms. The number of ether oxygens (including phenoxy) is 1. The molecular weight excluding hydrogens is 404 g/mol. The van der Waals surface area contributed by atoms with Crippen molar-refractivity contribution in [1.29, 1.82) is 0 Å². The SMILES string of the molecule is Cc1cccc(C(=O)Nc2cccc(CN3CCOCC3)c2)c1NC(=O)c1ccncc1. The van der Waals surface area contributed by atoms with Gasteiger partial charge in [0.1, 0.15) is 0 Å². The van der Waals surface area contributed by atoms with Crippen molar-refractivity contribution in [2.45, 2.75) is 13.5 Å². The maximum absolute atomic E-state index is 13.1. The molecule has 0 aliphatic carbocycles. The fraction of sp³-hybridized carbons (Fsp3) is 0.240. The van der Waals surface area contributed by atoms with Crippen LogP contribution in [0.15, 0.2) is 67.0 Å². The summed E-state index contributed by atoms with van der Waals surface area (Å²) in [6.07, 6.45) is 3.12. The van der Waals surface area contributed by atoms with Crippen LogP contribution in [0.25, 0.3) is 0 Å². The minimum Gasteiger partial charge on any atom is -0.379 e. The van der Waals surface area contributed by atoms with E-state index in [0.29, 0.717) is 22.5 Å². The van der Waals surface area contributed by atoms with Crippen LogP contribution in [-0.2, 0) is 11.3 Å². The molecule has 0 radical (unpaired) electrons. The molecule has 0 bridgehead atoms. The van der Waals surface area contributed by atoms with E-state index >= 15 is 0 Å². The van der Waals surface area contributed by atoms with Crippen LogP contribution in [0.3, 0.4) is 0 Å². The summed E-state index contributed by atoms with van der Waals surface area (Å²) in [5, 5.41) is 5.85. The second-order valence-electron chi connectivity index (χ2n) is 7.73. The predicted molar refractivity (Wildman–Crippen MR) is 124 cm³/mol. The molecule has 2 aromatic carbocycles. The van der Waals surface area contributed by atoms with Gasteiger partial charge in [-0.2, -0.15) is 0 Å². The van der Waals surface area contributed by atoms with Gasteiger partial charge in [0.25, 0.3) is 11.8 Å². The van der Waals surface area contributed by atoms with Crippen LogP contribution in [0, 0.1) is 6.92 Å². The summed E-state index contributed by atoms with van der Waals surface area (Å²) in [7, 11) is 0. The van der Waals surface area contributed by atoms with Crippen molar-refractivity contribution in [3.8, 4) is 0 Å². The lowest BCUT2D eigenvalue weighted by atomic mass is 10.1. The Labute approximate surface area is 187 Å². The van der Waals surface area contributed by atoms with Gasteiger partial charge in [-0.25, -0.2) is 0 Å². The summed E-state index contributed by atoms with van der Waals surface area (Å²) in [6, 6.07) is 16.5. The van der Waals surface area contributed by atoms with E-state index in [1.165, 1.54) is 0 Å². The van der Waals surface area contributed by atoms with Crippen LogP contribution in [0.5, 0.6) is 0 Å². The number of hydrogen-bond donors (Lipinski definition) is 2. The molecule has 0 unspecified atom stereocenters. The first-order chi connectivity index (χ1) is 15.6. The van der Waals surface area contributed by atoms with Crippen molar-refractivity contribution in [2.24, 2.45) is 0 Å². The standard InChI is InChI=1S/C25H26N4O3/c1-18-4-2-7-22(23(18)28-24(30)20-8-10-26-11-9-20)25(31)27-21-6-3-5-19(16-21)17-29-12-14-32-15-13-29/h2-11,16H,12-15,17H2,1H3,(H,27,31)(H,28,30). The average molecular weight is 431 g/mol. The number of aromatic nitrogens is 1. The molecule has 0 spiro atoms. The maximum atomic E-state index is 13.1. The summed E-state index contributed by atoms with van der Waals surface area (Å²) in [4.78, 5) is 32.0. The van der Waals surface area contributed by atoms with Crippen molar-refractivity contribution < 1.29 is 14.3 Å². The summed E-state index contributed by atoms with van der Waals surface area (Å²) in [5.74, 6) is -0.564. The number of amides is 2. The monoisotopic (exact) mass is 430 g/mol. The molecule has 1 aliphatic heterocycles. The quantitative estimate of drug-likeness (QED) is 0.623. The van der Waals surface area contributed by atoms with Gasteiger partial charge in [-0.3, -0.25) is 19.5 Å². The molecular formula is C25H26N4O3. The first-order valence-corrected chi connectivity index (χ1v) is 10.6. The Bertz CT molecular complexity index is 1100. The fourth-order valence-corrected chi connectivity index (χ4v) is 3.68. The molecule has 32 heavy (non-hydrogen) atoms. The van der Waals surface area contributed by atoms with Gasteiger partial charge < -0.3 is 15.4 Å². The van der Waals surface area contributed by atoms with E-state index in [2.05, 4.69) is 26.6 Å². The molecule has 2 N–H and O–H groups in total. The highest BCUT2D eigenvalue weighted by Crippen LogP contribution is 2.23. The van der Waals surface area contributed by atoms with Crippen LogP contribution in [0.1, 0.15) is 31.8 Å². The van der Waals surface area contributed by atoms with Crippen LogP contribution in [-0.4, -0.2) is 48.0 Å². The van der Waals surface area contributed by atoms with Gasteiger partial charge in [0.15, 0.2) is 0 Å². The Kier molecular flexibility index (Phi) is 6.89. The first-order valence-electron chi connectivity index (χ1n) is 10.6. The zero-order valence-corrected chi connectivity index (χ0v) is 18.0. The first kappa shape index (κ1) is 21.7. The Morgan fingerprint density at radius 2 is 1.72 bits per heavy atom. The van der Waals surface area contributed by atoms with Crippen LogP contribution >= 0.6 is 0 Å². The third-order valence-corrected chi connectivity index (χ3v) is 5.39. The van der Waals surface area contributed by atoms with Crippen LogP contribution in [0.2, 0.25) is 0 Å². The largest absolute Gasteiger partial charge is 0.379 e. The number of carbonyl (C=O) groups is 2. The minimum absolute atomic E-state index is 0.276. The Balaban J connectivity index is 1.49. The lowest BCUT2D eigenvalue weighted by molar-refractivity contribution is 0.0342. The molecule has 1 aromatic heterocycles. The van der Waals surface area contributed by atoms with Gasteiger partial charge in [-0.1, -0.05) is 24.3 Å². The molecule has 2 heterocycles. The van der Waals surface area contributed by atoms with E-state index in [1.54, 1.807) is 36.7 Å². The van der Waals surface area contributed by atoms with Crippen molar-refractivity contribution in [1.82, 2.24) is 9.88 Å². The van der Waals surface area contributed by atoms with Gasteiger partial charge in [-0.05, 0) is 48.4 Å². The summed E-state index contributed by atoms with van der Waals surface area (Å²) in [6.45, 7) is 5.98. The highest BCUT2D eigenvalue weighted by molar-refractivity contribution is 6.13. The molecule has 0 saturated carbocycles. The zero-order valence-electron chi connectivity index (χ0n) is 18.0. The van der Waals surface area contributed by atoms with Gasteiger partial charge in [-0.15, -0.1) is 0 Å². The van der Waals surface area contributed by atoms with Gasteiger partial charge >= 0.3 is 0 Å². The van der Waals surface area contributed by atoms with E-state index in [0.717, 1.165) is 44.0 Å². The van der Waals surface area contributed by atoms with Crippen molar-refractivity contribution >= 4 is 23.2 Å². The third-order valence-electron chi connectivity index (χ3n) is 5.39. The zero-order chi connectivity index (χ0) is 22.3. The molecule has 1 fully saturated rings. The molecule has 3 aromatic rings. The van der Waals surface area contributed by atoms with Gasteiger partial charge in [0.2, 0.25) is 0 Å². The number of nitrogens with one attached hydrogen (secondary N) is 2. The Morgan fingerprint density at radius 3 is 2.50 bits per heavy atom. The summed E-state index contributed by atoms with van der Waals surface area (Å²) in [5.41, 5.74) is 4.03. The summed E-state index contributed by atoms with van der Waals surface area (Å²) >= 11 is 0. The third kappa shape index (κ3) is 5.38. The molecule has 7 nitrogen and oxygen atoms in total. The van der Waals surface area contributed by atoms with Crippen molar-refractivity contribution in [3.63, 3.8) is 0 Å². The maximum Gasteiger partial charge on any atom is 0.257 e. The lowest BCUT2D eigenvalue weighted by Crippen LogP contribution is -2.35. The number of pyridine rings is 1. The molecule has 1 saturated heterocycles. The predicted octanol–water partition coefficient (Wildman–Crippen LogP) is 3.73. The van der Waals surface area contributed by atoms with E-state index in [-0.39, 0.29) is 11.8 Å². The minimum atomic E-state index is -0.289. The Morgan fingerprint density at radius 1 is 0.969 bits per heavy atom. The van der Waals surface area contributed by atoms with Gasteiger partial charge in [0.05, 0.1) is 24.5 Å². The molecule has 0 atom stereocenters. The number of aryl methyl sites for hydroxylation is 1. The lowest BCUT2D eigenvalue weighted by Gasteiger charge is -2.26. The van der Waals surface area contributed by atoms with Gasteiger partial charge in [0, 0.05) is 43.3 Å². The van der Waals surface area contributed by atoms with Crippen LogP contribution in [0.4, 0.5) is 11.4 Å². The number of carbonyl (C=O) groups excluding carboxylic acids is 2. The number of rotatable bonds is 6. The topological polar surface area (TPSA) is 83.6 Å². The number of benzene rings is 2. The Hall–Kier alpha value is -3.55. The molecule has 2 amide bonds. The van der Waals surface area contributed by atoms with E-state index in [1.807, 2.05) is 31.2 Å². The van der Waals surface area contributed by atoms with Crippen LogP contribution < -0.4 is 10.6 Å². The normalized spacial score (nSPS) is 14.0. The molecule has 164 valence electrons. The number of morpholine rings is 1. The highest BCUT2D eigenvalue weighted by atomic mass is 16.5.